The molecule has 1 N–H and O–H groups in total. The average Bonchev–Trinajstić information content (AvgIpc) is 2.48. The van der Waals surface area contributed by atoms with Gasteiger partial charge >= 0.3 is 0 Å². The van der Waals surface area contributed by atoms with Gasteiger partial charge in [-0.05, 0) is 13.3 Å². The van der Waals surface area contributed by atoms with Crippen molar-refractivity contribution in [2.75, 3.05) is 11.9 Å². The van der Waals surface area contributed by atoms with Crippen molar-refractivity contribution in [2.24, 2.45) is 7.05 Å². The fraction of sp³-hybridized carbons (Fsp3) is 0.636. The van der Waals surface area contributed by atoms with Crippen molar-refractivity contribution in [1.29, 1.82) is 5.26 Å². The summed E-state index contributed by atoms with van der Waals surface area (Å²) in [6.45, 7) is 4.94. The average molecular weight is 206 g/mol. The molecule has 1 aromatic heterocycles. The van der Waals surface area contributed by atoms with Crippen LogP contribution in [0.25, 0.3) is 0 Å². The van der Waals surface area contributed by atoms with Crippen LogP contribution in [-0.4, -0.2) is 16.3 Å². The van der Waals surface area contributed by atoms with Gasteiger partial charge in [-0.25, -0.2) is 0 Å². The number of unbranched alkanes of at least 4 members (excludes halogenated alkanes) is 2. The van der Waals surface area contributed by atoms with Crippen LogP contribution in [0.1, 0.15) is 37.4 Å². The summed E-state index contributed by atoms with van der Waals surface area (Å²) < 4.78 is 1.74. The van der Waals surface area contributed by atoms with E-state index in [1.165, 1.54) is 12.8 Å². The number of nitrogens with zero attached hydrogens (tertiary/aromatic N) is 3. The van der Waals surface area contributed by atoms with Crippen LogP contribution in [-0.2, 0) is 7.05 Å². The smallest absolute Gasteiger partial charge is 0.142 e. The van der Waals surface area contributed by atoms with Gasteiger partial charge in [0.25, 0.3) is 0 Å². The quantitative estimate of drug-likeness (QED) is 0.751. The van der Waals surface area contributed by atoms with E-state index in [1.807, 2.05) is 14.0 Å². The van der Waals surface area contributed by atoms with E-state index in [0.717, 1.165) is 24.5 Å². The van der Waals surface area contributed by atoms with Crippen LogP contribution >= 0.6 is 0 Å². The molecule has 1 rings (SSSR count). The molecule has 82 valence electrons. The van der Waals surface area contributed by atoms with E-state index in [2.05, 4.69) is 23.4 Å². The lowest BCUT2D eigenvalue weighted by Gasteiger charge is -2.06. The Hall–Kier alpha value is -1.50. The molecular formula is C11H18N4. The number of hydrogen-bond donors (Lipinski definition) is 1. The lowest BCUT2D eigenvalue weighted by atomic mass is 10.2. The van der Waals surface area contributed by atoms with Gasteiger partial charge in [-0.2, -0.15) is 10.4 Å². The summed E-state index contributed by atoms with van der Waals surface area (Å²) in [6, 6.07) is 2.18. The topological polar surface area (TPSA) is 53.6 Å². The predicted octanol–water partition coefficient (Wildman–Crippen LogP) is 2.20. The monoisotopic (exact) mass is 206 g/mol. The zero-order valence-electron chi connectivity index (χ0n) is 9.67. The van der Waals surface area contributed by atoms with Gasteiger partial charge in [0.15, 0.2) is 0 Å². The molecule has 0 atom stereocenters. The largest absolute Gasteiger partial charge is 0.369 e. The van der Waals surface area contributed by atoms with Crippen LogP contribution in [0.4, 0.5) is 5.82 Å². The predicted molar refractivity (Wildman–Crippen MR) is 60.7 cm³/mol. The first kappa shape index (κ1) is 11.6. The highest BCUT2D eigenvalue weighted by Gasteiger charge is 2.11. The number of nitrogens with one attached hydrogen (secondary N) is 1. The third-order valence-corrected chi connectivity index (χ3v) is 2.41. The molecule has 0 bridgehead atoms. The Labute approximate surface area is 90.9 Å². The van der Waals surface area contributed by atoms with Crippen LogP contribution in [0.2, 0.25) is 0 Å². The van der Waals surface area contributed by atoms with Crippen molar-refractivity contribution in [2.45, 2.75) is 33.1 Å². The highest BCUT2D eigenvalue weighted by molar-refractivity contribution is 5.54. The maximum atomic E-state index is 8.97. The molecule has 0 aliphatic heterocycles. The summed E-state index contributed by atoms with van der Waals surface area (Å²) in [4.78, 5) is 0. The van der Waals surface area contributed by atoms with Gasteiger partial charge in [0.2, 0.25) is 0 Å². The Bertz CT molecular complexity index is 359. The summed E-state index contributed by atoms with van der Waals surface area (Å²) >= 11 is 0. The van der Waals surface area contributed by atoms with Crippen molar-refractivity contribution in [3.8, 4) is 6.07 Å². The number of anilines is 1. The number of aryl methyl sites for hydroxylation is 2. The summed E-state index contributed by atoms with van der Waals surface area (Å²) in [7, 11) is 1.86. The van der Waals surface area contributed by atoms with Gasteiger partial charge in [0, 0.05) is 13.6 Å². The fourth-order valence-corrected chi connectivity index (χ4v) is 1.58. The fourth-order valence-electron chi connectivity index (χ4n) is 1.58. The third kappa shape index (κ3) is 2.72. The molecule has 4 nitrogen and oxygen atoms in total. The van der Waals surface area contributed by atoms with Crippen molar-refractivity contribution in [3.05, 3.63) is 11.3 Å². The Morgan fingerprint density at radius 3 is 2.80 bits per heavy atom. The molecule has 0 aromatic carbocycles. The first-order chi connectivity index (χ1) is 7.20. The molecule has 15 heavy (non-hydrogen) atoms. The summed E-state index contributed by atoms with van der Waals surface area (Å²) in [6.07, 6.45) is 3.55. The molecule has 0 saturated heterocycles. The zero-order valence-corrected chi connectivity index (χ0v) is 9.67. The number of aromatic nitrogens is 2. The van der Waals surface area contributed by atoms with E-state index in [-0.39, 0.29) is 0 Å². The van der Waals surface area contributed by atoms with E-state index in [1.54, 1.807) is 4.68 Å². The van der Waals surface area contributed by atoms with Crippen LogP contribution in [0.5, 0.6) is 0 Å². The van der Waals surface area contributed by atoms with Gasteiger partial charge in [-0.1, -0.05) is 19.8 Å². The number of nitriles is 1. The van der Waals surface area contributed by atoms with Crippen molar-refractivity contribution >= 4 is 5.82 Å². The third-order valence-electron chi connectivity index (χ3n) is 2.41. The Balaban J connectivity index is 2.64. The van der Waals surface area contributed by atoms with E-state index < -0.39 is 0 Å². The Kier molecular flexibility index (Phi) is 4.17. The summed E-state index contributed by atoms with van der Waals surface area (Å²) in [5.41, 5.74) is 1.45. The lowest BCUT2D eigenvalue weighted by molar-refractivity contribution is 0.723. The Morgan fingerprint density at radius 2 is 2.20 bits per heavy atom. The van der Waals surface area contributed by atoms with Crippen molar-refractivity contribution in [1.82, 2.24) is 9.78 Å². The van der Waals surface area contributed by atoms with E-state index in [0.29, 0.717) is 5.56 Å². The molecule has 0 aliphatic rings. The molecule has 0 aliphatic carbocycles. The number of hydrogen-bond acceptors (Lipinski definition) is 3. The van der Waals surface area contributed by atoms with Crippen molar-refractivity contribution < 1.29 is 0 Å². The van der Waals surface area contributed by atoms with Gasteiger partial charge in [-0.15, -0.1) is 0 Å². The first-order valence-corrected chi connectivity index (χ1v) is 5.38. The van der Waals surface area contributed by atoms with Gasteiger partial charge < -0.3 is 5.32 Å². The second-order valence-corrected chi connectivity index (χ2v) is 3.68. The van der Waals surface area contributed by atoms with Crippen LogP contribution < -0.4 is 5.32 Å². The highest BCUT2D eigenvalue weighted by atomic mass is 15.3. The minimum absolute atomic E-state index is 0.661. The van der Waals surface area contributed by atoms with Crippen LogP contribution in [0.15, 0.2) is 0 Å². The second kappa shape index (κ2) is 5.40. The minimum atomic E-state index is 0.661. The van der Waals surface area contributed by atoms with Gasteiger partial charge in [-0.3, -0.25) is 4.68 Å². The van der Waals surface area contributed by atoms with Crippen molar-refractivity contribution in [3.63, 3.8) is 0 Å². The standard InChI is InChI=1S/C11H18N4/c1-4-5-6-7-13-11-10(8-12)9(2)14-15(11)3/h13H,4-7H2,1-3H3. The van der Waals surface area contributed by atoms with Crippen LogP contribution in [0, 0.1) is 18.3 Å². The summed E-state index contributed by atoms with van der Waals surface area (Å²) in [5, 5.41) is 16.5. The molecule has 4 heteroatoms. The molecule has 0 amide bonds. The van der Waals surface area contributed by atoms with E-state index in [4.69, 9.17) is 5.26 Å². The lowest BCUT2D eigenvalue weighted by Crippen LogP contribution is -2.07. The van der Waals surface area contributed by atoms with Gasteiger partial charge in [0.05, 0.1) is 5.69 Å². The maximum Gasteiger partial charge on any atom is 0.142 e. The molecule has 1 aromatic rings. The molecule has 0 spiro atoms. The zero-order chi connectivity index (χ0) is 11.3. The maximum absolute atomic E-state index is 8.97. The van der Waals surface area contributed by atoms with E-state index >= 15 is 0 Å². The second-order valence-electron chi connectivity index (χ2n) is 3.68. The molecule has 1 heterocycles. The Morgan fingerprint density at radius 1 is 1.47 bits per heavy atom. The number of rotatable bonds is 5. The van der Waals surface area contributed by atoms with Crippen LogP contribution in [0.3, 0.4) is 0 Å². The molecule has 0 unspecified atom stereocenters. The SMILES string of the molecule is CCCCCNc1c(C#N)c(C)nn1C. The van der Waals surface area contributed by atoms with Gasteiger partial charge in [0.1, 0.15) is 17.5 Å². The molecular weight excluding hydrogens is 188 g/mol. The summed E-state index contributed by atoms with van der Waals surface area (Å²) in [5.74, 6) is 0.839. The molecule has 0 radical (unpaired) electrons. The molecule has 0 fully saturated rings. The first-order valence-electron chi connectivity index (χ1n) is 5.38. The van der Waals surface area contributed by atoms with E-state index in [9.17, 15) is 0 Å². The normalized spacial score (nSPS) is 10.0. The highest BCUT2D eigenvalue weighted by Crippen LogP contribution is 2.17. The molecule has 0 saturated carbocycles. The minimum Gasteiger partial charge on any atom is -0.369 e.